The summed E-state index contributed by atoms with van der Waals surface area (Å²) in [6.45, 7) is 2.13. The number of rotatable bonds is 2. The number of carbonyl (C=O) groups is 1. The third kappa shape index (κ3) is 1.27. The minimum absolute atomic E-state index is 0.335. The van der Waals surface area contributed by atoms with Crippen LogP contribution in [0.4, 0.5) is 0 Å². The molecule has 0 saturated heterocycles. The molecule has 2 rings (SSSR count). The highest BCUT2D eigenvalue weighted by molar-refractivity contribution is 5.76. The van der Waals surface area contributed by atoms with E-state index in [1.807, 2.05) is 0 Å². The molecule has 0 amide bonds. The molecule has 0 bridgehead atoms. The van der Waals surface area contributed by atoms with Gasteiger partial charge in [-0.1, -0.05) is 19.8 Å². The van der Waals surface area contributed by atoms with Gasteiger partial charge in [-0.3, -0.25) is 4.79 Å². The largest absolute Gasteiger partial charge is 0.481 e. The molecule has 0 spiro atoms. The molecule has 2 aliphatic carbocycles. The fourth-order valence-corrected chi connectivity index (χ4v) is 3.07. The molecule has 0 aliphatic heterocycles. The Morgan fingerprint density at radius 3 is 2.46 bits per heavy atom. The summed E-state index contributed by atoms with van der Waals surface area (Å²) in [7, 11) is 0. The Labute approximate surface area is 79.3 Å². The van der Waals surface area contributed by atoms with Crippen molar-refractivity contribution in [3.05, 3.63) is 0 Å². The fourth-order valence-electron chi connectivity index (χ4n) is 3.07. The Morgan fingerprint density at radius 2 is 2.00 bits per heavy atom. The maximum absolute atomic E-state index is 11.4. The Bertz CT molecular complexity index is 220. The van der Waals surface area contributed by atoms with Crippen molar-refractivity contribution in [3.8, 4) is 0 Å². The second-order valence-corrected chi connectivity index (χ2v) is 4.77. The summed E-state index contributed by atoms with van der Waals surface area (Å²) < 4.78 is 0. The average molecular weight is 182 g/mol. The van der Waals surface area contributed by atoms with Gasteiger partial charge < -0.3 is 5.11 Å². The molecule has 2 nitrogen and oxygen atoms in total. The van der Waals surface area contributed by atoms with Crippen molar-refractivity contribution in [2.45, 2.75) is 45.4 Å². The maximum atomic E-state index is 11.4. The van der Waals surface area contributed by atoms with E-state index in [1.54, 1.807) is 0 Å². The van der Waals surface area contributed by atoms with Gasteiger partial charge in [0.2, 0.25) is 0 Å². The normalized spacial score (nSPS) is 40.2. The predicted molar refractivity (Wildman–Crippen MR) is 50.4 cm³/mol. The Balaban J connectivity index is 2.23. The van der Waals surface area contributed by atoms with Gasteiger partial charge in [0.05, 0.1) is 5.41 Å². The minimum atomic E-state index is -0.526. The lowest BCUT2D eigenvalue weighted by molar-refractivity contribution is -0.156. The summed E-state index contributed by atoms with van der Waals surface area (Å²) in [5, 5.41) is 9.37. The van der Waals surface area contributed by atoms with Crippen molar-refractivity contribution in [2.75, 3.05) is 0 Å². The van der Waals surface area contributed by atoms with E-state index >= 15 is 0 Å². The van der Waals surface area contributed by atoms with Crippen LogP contribution < -0.4 is 0 Å². The fraction of sp³-hybridized carbons (Fsp3) is 0.909. The van der Waals surface area contributed by atoms with Crippen molar-refractivity contribution < 1.29 is 9.90 Å². The first-order valence-corrected chi connectivity index (χ1v) is 5.41. The van der Waals surface area contributed by atoms with Gasteiger partial charge in [-0.2, -0.15) is 0 Å². The van der Waals surface area contributed by atoms with Crippen molar-refractivity contribution in [3.63, 3.8) is 0 Å². The smallest absolute Gasteiger partial charge is 0.310 e. The lowest BCUT2D eigenvalue weighted by atomic mass is 9.64. The first kappa shape index (κ1) is 9.04. The number of carboxylic acid groups (broad SMARTS) is 1. The average Bonchev–Trinajstić information content (AvgIpc) is 2.88. The van der Waals surface area contributed by atoms with E-state index in [9.17, 15) is 9.90 Å². The lowest BCUT2D eigenvalue weighted by Crippen LogP contribution is -2.41. The van der Waals surface area contributed by atoms with Gasteiger partial charge >= 0.3 is 5.97 Å². The number of aliphatic carboxylic acids is 1. The van der Waals surface area contributed by atoms with E-state index < -0.39 is 5.97 Å². The SMILES string of the molecule is CC1CCCCC1(C(=O)O)C1CC1. The van der Waals surface area contributed by atoms with Crippen molar-refractivity contribution >= 4 is 5.97 Å². The summed E-state index contributed by atoms with van der Waals surface area (Å²) in [6.07, 6.45) is 6.68. The molecular formula is C11H18O2. The van der Waals surface area contributed by atoms with Gasteiger partial charge in [0, 0.05) is 0 Å². The molecule has 0 radical (unpaired) electrons. The molecule has 0 aromatic rings. The summed E-state index contributed by atoms with van der Waals surface area (Å²) in [6, 6.07) is 0. The van der Waals surface area contributed by atoms with Crippen LogP contribution in [0.1, 0.15) is 45.4 Å². The molecule has 0 aromatic carbocycles. The van der Waals surface area contributed by atoms with Crippen LogP contribution in [0.5, 0.6) is 0 Å². The third-order valence-corrected chi connectivity index (χ3v) is 4.06. The second kappa shape index (κ2) is 3.00. The van der Waals surface area contributed by atoms with Crippen LogP contribution in [0.2, 0.25) is 0 Å². The van der Waals surface area contributed by atoms with Crippen LogP contribution >= 0.6 is 0 Å². The summed E-state index contributed by atoms with van der Waals surface area (Å²) >= 11 is 0. The molecule has 2 saturated carbocycles. The van der Waals surface area contributed by atoms with Gasteiger partial charge in [0.25, 0.3) is 0 Å². The van der Waals surface area contributed by atoms with Gasteiger partial charge in [-0.05, 0) is 37.5 Å². The van der Waals surface area contributed by atoms with Crippen LogP contribution in [0.3, 0.4) is 0 Å². The Kier molecular flexibility index (Phi) is 2.09. The van der Waals surface area contributed by atoms with Crippen molar-refractivity contribution in [1.82, 2.24) is 0 Å². The number of hydrogen-bond acceptors (Lipinski definition) is 1. The monoisotopic (exact) mass is 182 g/mol. The molecule has 13 heavy (non-hydrogen) atoms. The van der Waals surface area contributed by atoms with Gasteiger partial charge in [-0.15, -0.1) is 0 Å². The van der Waals surface area contributed by atoms with Crippen LogP contribution in [-0.4, -0.2) is 11.1 Å². The van der Waals surface area contributed by atoms with Crippen LogP contribution in [0.15, 0.2) is 0 Å². The molecule has 2 fully saturated rings. The zero-order valence-electron chi connectivity index (χ0n) is 8.25. The summed E-state index contributed by atoms with van der Waals surface area (Å²) in [4.78, 5) is 11.4. The molecule has 2 atom stereocenters. The topological polar surface area (TPSA) is 37.3 Å². The van der Waals surface area contributed by atoms with E-state index in [4.69, 9.17) is 0 Å². The zero-order valence-corrected chi connectivity index (χ0v) is 8.25. The van der Waals surface area contributed by atoms with Gasteiger partial charge in [0.1, 0.15) is 0 Å². The Hall–Kier alpha value is -0.530. The molecule has 2 unspecified atom stereocenters. The highest BCUT2D eigenvalue weighted by Crippen LogP contribution is 2.56. The van der Waals surface area contributed by atoms with E-state index in [1.165, 1.54) is 6.42 Å². The molecule has 2 heteroatoms. The zero-order chi connectivity index (χ0) is 9.47. The Morgan fingerprint density at radius 1 is 1.31 bits per heavy atom. The second-order valence-electron chi connectivity index (χ2n) is 4.77. The third-order valence-electron chi connectivity index (χ3n) is 4.06. The highest BCUT2D eigenvalue weighted by Gasteiger charge is 2.54. The molecule has 74 valence electrons. The van der Waals surface area contributed by atoms with Crippen molar-refractivity contribution in [1.29, 1.82) is 0 Å². The van der Waals surface area contributed by atoms with E-state index in [0.717, 1.165) is 32.1 Å². The van der Waals surface area contributed by atoms with Crippen LogP contribution in [0, 0.1) is 17.3 Å². The molecule has 1 N–H and O–H groups in total. The summed E-state index contributed by atoms with van der Waals surface area (Å²) in [5.41, 5.74) is -0.335. The summed E-state index contributed by atoms with van der Waals surface area (Å²) in [5.74, 6) is 0.369. The van der Waals surface area contributed by atoms with E-state index in [-0.39, 0.29) is 5.41 Å². The molecular weight excluding hydrogens is 164 g/mol. The maximum Gasteiger partial charge on any atom is 0.310 e. The van der Waals surface area contributed by atoms with E-state index in [2.05, 4.69) is 6.92 Å². The minimum Gasteiger partial charge on any atom is -0.481 e. The first-order valence-electron chi connectivity index (χ1n) is 5.41. The highest BCUT2D eigenvalue weighted by atomic mass is 16.4. The number of carboxylic acids is 1. The molecule has 0 aromatic heterocycles. The van der Waals surface area contributed by atoms with Gasteiger partial charge in [-0.25, -0.2) is 0 Å². The molecule has 0 heterocycles. The molecule has 2 aliphatic rings. The first-order chi connectivity index (χ1) is 6.18. The lowest BCUT2D eigenvalue weighted by Gasteiger charge is -2.39. The number of hydrogen-bond donors (Lipinski definition) is 1. The quantitative estimate of drug-likeness (QED) is 0.713. The standard InChI is InChI=1S/C11H18O2/c1-8-4-2-3-7-11(8,10(12)13)9-5-6-9/h8-9H,2-7H2,1H3,(H,12,13). The predicted octanol–water partition coefficient (Wildman–Crippen LogP) is 2.68. The van der Waals surface area contributed by atoms with Gasteiger partial charge in [0.15, 0.2) is 0 Å². The van der Waals surface area contributed by atoms with Crippen molar-refractivity contribution in [2.24, 2.45) is 17.3 Å². The van der Waals surface area contributed by atoms with Crippen LogP contribution in [0.25, 0.3) is 0 Å². The van der Waals surface area contributed by atoms with E-state index in [0.29, 0.717) is 11.8 Å². The van der Waals surface area contributed by atoms with Crippen LogP contribution in [-0.2, 0) is 4.79 Å².